The maximum atomic E-state index is 12.5. The van der Waals surface area contributed by atoms with Crippen molar-refractivity contribution in [3.05, 3.63) is 27.2 Å². The van der Waals surface area contributed by atoms with Crippen LogP contribution in [0.5, 0.6) is 5.75 Å². The van der Waals surface area contributed by atoms with E-state index in [9.17, 15) is 18.2 Å². The Kier molecular flexibility index (Phi) is 6.64. The van der Waals surface area contributed by atoms with E-state index in [0.717, 1.165) is 16.7 Å². The van der Waals surface area contributed by atoms with Gasteiger partial charge in [0.25, 0.3) is 0 Å². The molecule has 1 atom stereocenters. The summed E-state index contributed by atoms with van der Waals surface area (Å²) in [6.45, 7) is 3.84. The van der Waals surface area contributed by atoms with Crippen LogP contribution in [-0.2, 0) is 22.7 Å². The van der Waals surface area contributed by atoms with Crippen LogP contribution in [-0.4, -0.2) is 11.1 Å². The molecule has 0 radical (unpaired) electrons. The van der Waals surface area contributed by atoms with Crippen LogP contribution in [0, 0.1) is 0 Å². The molecule has 3 nitrogen and oxygen atoms in total. The molecule has 0 aliphatic carbocycles. The van der Waals surface area contributed by atoms with Gasteiger partial charge in [-0.15, -0.1) is 0 Å². The molecule has 8 heteroatoms. The molecule has 0 saturated carbocycles. The Bertz CT molecular complexity index is 538. The summed E-state index contributed by atoms with van der Waals surface area (Å²) in [7, 11) is -4.97. The van der Waals surface area contributed by atoms with Crippen LogP contribution in [0.3, 0.4) is 0 Å². The molecule has 1 rings (SSSR count). The van der Waals surface area contributed by atoms with Crippen molar-refractivity contribution in [3.8, 4) is 5.75 Å². The minimum absolute atomic E-state index is 0.0190. The minimum Gasteiger partial charge on any atom is -0.420 e. The van der Waals surface area contributed by atoms with Gasteiger partial charge in [0, 0.05) is 5.33 Å². The summed E-state index contributed by atoms with van der Waals surface area (Å²) in [5.74, 6) is -0.0190. The standard InChI is InChI=1S/C12H15Br2F2O3P/c1-3-7-5-10(19-20(17,18)12(15)16)11(14)8(4-2)9(7)6-13/h5,12H,3-4,6H2,1-2H3,(H,17,18). The summed E-state index contributed by atoms with van der Waals surface area (Å²) in [6, 6.07) is 1.53. The van der Waals surface area contributed by atoms with Crippen molar-refractivity contribution in [2.45, 2.75) is 38.2 Å². The summed E-state index contributed by atoms with van der Waals surface area (Å²) in [6.07, 6.45) is -2.11. The minimum atomic E-state index is -4.97. The predicted molar refractivity (Wildman–Crippen MR) is 82.0 cm³/mol. The van der Waals surface area contributed by atoms with Crippen molar-refractivity contribution in [2.24, 2.45) is 0 Å². The first-order valence-corrected chi connectivity index (χ1v) is 9.53. The second kappa shape index (κ2) is 7.34. The van der Waals surface area contributed by atoms with Crippen LogP contribution in [0.25, 0.3) is 0 Å². The van der Waals surface area contributed by atoms with Crippen molar-refractivity contribution in [3.63, 3.8) is 0 Å². The van der Waals surface area contributed by atoms with E-state index >= 15 is 0 Å². The van der Waals surface area contributed by atoms with E-state index in [2.05, 4.69) is 36.4 Å². The molecular formula is C12H15Br2F2O3P. The second-order valence-corrected chi connectivity index (χ2v) is 7.13. The molecule has 0 amide bonds. The molecule has 1 unspecified atom stereocenters. The van der Waals surface area contributed by atoms with E-state index in [4.69, 9.17) is 0 Å². The lowest BCUT2D eigenvalue weighted by molar-refractivity contribution is 0.188. The van der Waals surface area contributed by atoms with Crippen LogP contribution >= 0.6 is 39.5 Å². The first-order chi connectivity index (χ1) is 9.28. The van der Waals surface area contributed by atoms with Crippen LogP contribution in [0.1, 0.15) is 30.5 Å². The van der Waals surface area contributed by atoms with Crippen LogP contribution in [0.2, 0.25) is 0 Å². The number of rotatable bonds is 6. The molecule has 0 aliphatic rings. The number of alkyl halides is 3. The molecule has 0 aromatic heterocycles. The van der Waals surface area contributed by atoms with E-state index in [-0.39, 0.29) is 5.75 Å². The zero-order chi connectivity index (χ0) is 15.5. The smallest absolute Gasteiger partial charge is 0.420 e. The molecule has 20 heavy (non-hydrogen) atoms. The summed E-state index contributed by atoms with van der Waals surface area (Å²) in [4.78, 5) is 9.18. The molecule has 1 aromatic carbocycles. The van der Waals surface area contributed by atoms with Gasteiger partial charge in [-0.1, -0.05) is 29.8 Å². The van der Waals surface area contributed by atoms with E-state index in [0.29, 0.717) is 22.6 Å². The first-order valence-electron chi connectivity index (χ1n) is 5.97. The average molecular weight is 436 g/mol. The van der Waals surface area contributed by atoms with Gasteiger partial charge in [-0.3, -0.25) is 0 Å². The van der Waals surface area contributed by atoms with Crippen LogP contribution in [0.4, 0.5) is 8.78 Å². The monoisotopic (exact) mass is 434 g/mol. The molecule has 1 N–H and O–H groups in total. The van der Waals surface area contributed by atoms with Crippen molar-refractivity contribution in [2.75, 3.05) is 0 Å². The van der Waals surface area contributed by atoms with E-state index < -0.39 is 13.8 Å². The van der Waals surface area contributed by atoms with Crippen LogP contribution in [0.15, 0.2) is 10.5 Å². The van der Waals surface area contributed by atoms with Crippen molar-refractivity contribution >= 4 is 39.5 Å². The van der Waals surface area contributed by atoms with E-state index in [1.807, 2.05) is 13.8 Å². The van der Waals surface area contributed by atoms with Crippen LogP contribution < -0.4 is 4.52 Å². The summed E-state index contributed by atoms with van der Waals surface area (Å²) < 4.78 is 41.4. The highest BCUT2D eigenvalue weighted by Gasteiger charge is 2.35. The predicted octanol–water partition coefficient (Wildman–Crippen LogP) is 5.26. The fraction of sp³-hybridized carbons (Fsp3) is 0.500. The summed E-state index contributed by atoms with van der Waals surface area (Å²) >= 11 is 6.67. The molecule has 0 bridgehead atoms. The summed E-state index contributed by atoms with van der Waals surface area (Å²) in [5.41, 5.74) is 2.82. The Morgan fingerprint density at radius 3 is 2.35 bits per heavy atom. The van der Waals surface area contributed by atoms with Gasteiger partial charge in [0.1, 0.15) is 5.75 Å². The number of halogens is 4. The molecule has 1 aromatic rings. The average Bonchev–Trinajstić information content (AvgIpc) is 2.39. The van der Waals surface area contributed by atoms with Crippen molar-refractivity contribution in [1.82, 2.24) is 0 Å². The third-order valence-corrected chi connectivity index (χ3v) is 5.26. The third-order valence-electron chi connectivity index (χ3n) is 2.88. The Morgan fingerprint density at radius 1 is 1.35 bits per heavy atom. The highest BCUT2D eigenvalue weighted by Crippen LogP contribution is 2.51. The fourth-order valence-electron chi connectivity index (χ4n) is 1.88. The zero-order valence-corrected chi connectivity index (χ0v) is 15.1. The number of aryl methyl sites for hydroxylation is 1. The normalized spacial score (nSPS) is 14.4. The van der Waals surface area contributed by atoms with Gasteiger partial charge >= 0.3 is 13.8 Å². The molecule has 0 heterocycles. The fourth-order valence-corrected chi connectivity index (χ4v) is 3.93. The maximum absolute atomic E-state index is 12.5. The van der Waals surface area contributed by atoms with Gasteiger partial charge in [-0.2, -0.15) is 8.78 Å². The van der Waals surface area contributed by atoms with E-state index in [1.165, 1.54) is 6.07 Å². The Labute approximate surface area is 133 Å². The van der Waals surface area contributed by atoms with Gasteiger partial charge in [0.15, 0.2) is 0 Å². The Morgan fingerprint density at radius 2 is 1.95 bits per heavy atom. The molecular weight excluding hydrogens is 421 g/mol. The lowest BCUT2D eigenvalue weighted by Gasteiger charge is -2.19. The van der Waals surface area contributed by atoms with Gasteiger partial charge in [-0.25, -0.2) is 4.57 Å². The lowest BCUT2D eigenvalue weighted by Crippen LogP contribution is -2.05. The quantitative estimate of drug-likeness (QED) is 0.490. The molecule has 0 aliphatic heterocycles. The maximum Gasteiger partial charge on any atom is 0.442 e. The lowest BCUT2D eigenvalue weighted by atomic mass is 9.98. The van der Waals surface area contributed by atoms with Gasteiger partial charge in [0.05, 0.1) is 4.47 Å². The number of hydrogen-bond donors (Lipinski definition) is 1. The summed E-state index contributed by atoms with van der Waals surface area (Å²) in [5, 5.41) is 0.615. The highest BCUT2D eigenvalue weighted by molar-refractivity contribution is 9.10. The topological polar surface area (TPSA) is 46.5 Å². The van der Waals surface area contributed by atoms with Gasteiger partial charge in [-0.05, 0) is 51.5 Å². The van der Waals surface area contributed by atoms with Gasteiger partial charge < -0.3 is 9.42 Å². The molecule has 114 valence electrons. The van der Waals surface area contributed by atoms with Gasteiger partial charge in [0.2, 0.25) is 0 Å². The Balaban J connectivity index is 3.39. The second-order valence-electron chi connectivity index (χ2n) is 4.08. The van der Waals surface area contributed by atoms with E-state index in [1.54, 1.807) is 0 Å². The first kappa shape index (κ1) is 18.1. The third kappa shape index (κ3) is 3.81. The number of benzene rings is 1. The molecule has 0 saturated heterocycles. The Hall–Kier alpha value is 0.0300. The van der Waals surface area contributed by atoms with Crippen molar-refractivity contribution in [1.29, 1.82) is 0 Å². The highest BCUT2D eigenvalue weighted by atomic mass is 79.9. The SMILES string of the molecule is CCc1cc(OP(=O)(O)C(F)F)c(Br)c(CC)c1CBr. The largest absolute Gasteiger partial charge is 0.442 e. The van der Waals surface area contributed by atoms with Crippen molar-refractivity contribution < 1.29 is 22.8 Å². The molecule has 0 fully saturated rings. The zero-order valence-electron chi connectivity index (χ0n) is 11.0. The molecule has 0 spiro atoms. The number of hydrogen-bond acceptors (Lipinski definition) is 2.